The Balaban J connectivity index is 1.86. The van der Waals surface area contributed by atoms with E-state index in [0.29, 0.717) is 22.7 Å². The molecule has 2 unspecified atom stereocenters. The number of fused-ring (bicyclic) bond motifs is 2. The van der Waals surface area contributed by atoms with E-state index in [9.17, 15) is 4.79 Å². The van der Waals surface area contributed by atoms with Crippen LogP contribution in [-0.4, -0.2) is 27.7 Å². The lowest BCUT2D eigenvalue weighted by Gasteiger charge is -2.36. The van der Waals surface area contributed by atoms with Gasteiger partial charge in [-0.05, 0) is 38.7 Å². The van der Waals surface area contributed by atoms with E-state index in [-0.39, 0.29) is 5.91 Å². The highest BCUT2D eigenvalue weighted by Gasteiger charge is 2.43. The van der Waals surface area contributed by atoms with Gasteiger partial charge < -0.3 is 9.32 Å². The first-order valence-corrected chi connectivity index (χ1v) is 7.09. The van der Waals surface area contributed by atoms with Crippen molar-refractivity contribution in [2.24, 2.45) is 0 Å². The lowest BCUT2D eigenvalue weighted by Crippen LogP contribution is -2.46. The SMILES string of the molecule is Cc1ccoc1C(=O)N1C2CCC1CC(Br)C2. The van der Waals surface area contributed by atoms with Gasteiger partial charge in [0.1, 0.15) is 0 Å². The molecule has 0 spiro atoms. The van der Waals surface area contributed by atoms with Crippen molar-refractivity contribution in [2.75, 3.05) is 0 Å². The number of hydrogen-bond donors (Lipinski definition) is 0. The average Bonchev–Trinajstić information content (AvgIpc) is 2.81. The van der Waals surface area contributed by atoms with E-state index in [2.05, 4.69) is 20.8 Å². The average molecular weight is 298 g/mol. The van der Waals surface area contributed by atoms with E-state index in [4.69, 9.17) is 4.42 Å². The quantitative estimate of drug-likeness (QED) is 0.746. The van der Waals surface area contributed by atoms with Crippen LogP contribution in [0.15, 0.2) is 16.7 Å². The molecule has 0 aromatic carbocycles. The Morgan fingerprint density at radius 1 is 1.41 bits per heavy atom. The number of aryl methyl sites for hydroxylation is 1. The van der Waals surface area contributed by atoms with E-state index in [1.807, 2.05) is 13.0 Å². The second-order valence-corrected chi connectivity index (χ2v) is 6.39. The molecular weight excluding hydrogens is 282 g/mol. The molecule has 2 saturated heterocycles. The van der Waals surface area contributed by atoms with Crippen molar-refractivity contribution in [1.82, 2.24) is 4.90 Å². The van der Waals surface area contributed by atoms with E-state index < -0.39 is 0 Å². The van der Waals surface area contributed by atoms with Crippen LogP contribution in [0.3, 0.4) is 0 Å². The van der Waals surface area contributed by atoms with Crippen molar-refractivity contribution in [3.05, 3.63) is 23.7 Å². The summed E-state index contributed by atoms with van der Waals surface area (Å²) in [7, 11) is 0. The van der Waals surface area contributed by atoms with E-state index in [0.717, 1.165) is 31.2 Å². The molecule has 1 aromatic rings. The topological polar surface area (TPSA) is 33.5 Å². The molecule has 0 aliphatic carbocycles. The van der Waals surface area contributed by atoms with Gasteiger partial charge in [-0.15, -0.1) is 0 Å². The van der Waals surface area contributed by atoms with Crippen LogP contribution >= 0.6 is 15.9 Å². The number of nitrogens with zero attached hydrogens (tertiary/aromatic N) is 1. The lowest BCUT2D eigenvalue weighted by atomic mass is 10.0. The van der Waals surface area contributed by atoms with E-state index in [1.54, 1.807) is 6.26 Å². The molecule has 1 amide bonds. The maximum Gasteiger partial charge on any atom is 0.290 e. The zero-order valence-electron chi connectivity index (χ0n) is 9.86. The molecule has 4 heteroatoms. The summed E-state index contributed by atoms with van der Waals surface area (Å²) in [6.07, 6.45) is 6.02. The molecule has 17 heavy (non-hydrogen) atoms. The summed E-state index contributed by atoms with van der Waals surface area (Å²) in [4.78, 5) is 15.1. The zero-order valence-corrected chi connectivity index (χ0v) is 11.4. The van der Waals surface area contributed by atoms with Crippen LogP contribution in [0.25, 0.3) is 0 Å². The van der Waals surface area contributed by atoms with Crippen LogP contribution in [0, 0.1) is 6.92 Å². The fourth-order valence-electron chi connectivity index (χ4n) is 3.15. The summed E-state index contributed by atoms with van der Waals surface area (Å²) in [5, 5.41) is 0. The van der Waals surface area contributed by atoms with Crippen LogP contribution < -0.4 is 0 Å². The van der Waals surface area contributed by atoms with Crippen molar-refractivity contribution in [3.63, 3.8) is 0 Å². The minimum absolute atomic E-state index is 0.0828. The van der Waals surface area contributed by atoms with Crippen LogP contribution in [-0.2, 0) is 0 Å². The molecular formula is C13H16BrNO2. The van der Waals surface area contributed by atoms with E-state index in [1.165, 1.54) is 0 Å². The van der Waals surface area contributed by atoms with Gasteiger partial charge in [0.2, 0.25) is 0 Å². The van der Waals surface area contributed by atoms with Gasteiger partial charge in [-0.25, -0.2) is 0 Å². The number of furan rings is 1. The lowest BCUT2D eigenvalue weighted by molar-refractivity contribution is 0.0569. The molecule has 92 valence electrons. The number of carbonyl (C=O) groups is 1. The summed E-state index contributed by atoms with van der Waals surface area (Å²) in [6.45, 7) is 1.93. The third-order valence-corrected chi connectivity index (χ3v) is 4.71. The summed E-state index contributed by atoms with van der Waals surface area (Å²) in [5.74, 6) is 0.606. The molecule has 2 fully saturated rings. The molecule has 3 nitrogen and oxygen atoms in total. The zero-order chi connectivity index (χ0) is 12.0. The number of carbonyl (C=O) groups excluding carboxylic acids is 1. The number of hydrogen-bond acceptors (Lipinski definition) is 2. The standard InChI is InChI=1S/C13H16BrNO2/c1-8-4-5-17-12(8)13(16)15-10-2-3-11(15)7-9(14)6-10/h4-5,9-11H,2-3,6-7H2,1H3. The second kappa shape index (κ2) is 4.16. The molecule has 3 heterocycles. The summed E-state index contributed by atoms with van der Waals surface area (Å²) < 4.78 is 5.33. The van der Waals surface area contributed by atoms with Crippen LogP contribution in [0.4, 0.5) is 0 Å². The molecule has 2 atom stereocenters. The Hall–Kier alpha value is -0.770. The largest absolute Gasteiger partial charge is 0.459 e. The summed E-state index contributed by atoms with van der Waals surface area (Å²) in [6, 6.07) is 2.65. The molecule has 2 aliphatic heterocycles. The highest BCUT2D eigenvalue weighted by Crippen LogP contribution is 2.39. The molecule has 0 N–H and O–H groups in total. The molecule has 1 aromatic heterocycles. The van der Waals surface area contributed by atoms with Gasteiger partial charge in [-0.2, -0.15) is 0 Å². The van der Waals surface area contributed by atoms with E-state index >= 15 is 0 Å². The van der Waals surface area contributed by atoms with Crippen molar-refractivity contribution in [3.8, 4) is 0 Å². The van der Waals surface area contributed by atoms with Gasteiger partial charge in [0, 0.05) is 22.5 Å². The third kappa shape index (κ3) is 1.82. The first-order valence-electron chi connectivity index (χ1n) is 6.17. The summed E-state index contributed by atoms with van der Waals surface area (Å²) >= 11 is 3.69. The van der Waals surface area contributed by atoms with Crippen LogP contribution in [0.1, 0.15) is 41.8 Å². The van der Waals surface area contributed by atoms with Crippen molar-refractivity contribution >= 4 is 21.8 Å². The normalized spacial score (nSPS) is 31.9. The van der Waals surface area contributed by atoms with Gasteiger partial charge in [-0.1, -0.05) is 15.9 Å². The first kappa shape index (κ1) is 11.3. The van der Waals surface area contributed by atoms with Crippen molar-refractivity contribution in [2.45, 2.75) is 49.5 Å². The summed E-state index contributed by atoms with van der Waals surface area (Å²) in [5.41, 5.74) is 0.940. The fourth-order valence-corrected chi connectivity index (χ4v) is 4.01. The smallest absolute Gasteiger partial charge is 0.290 e. The number of rotatable bonds is 1. The minimum atomic E-state index is 0.0828. The molecule has 2 bridgehead atoms. The molecule has 2 aliphatic rings. The number of piperidine rings is 1. The Kier molecular flexibility index (Phi) is 2.77. The number of amides is 1. The van der Waals surface area contributed by atoms with Gasteiger partial charge in [0.15, 0.2) is 5.76 Å². The Morgan fingerprint density at radius 3 is 2.59 bits per heavy atom. The van der Waals surface area contributed by atoms with Gasteiger partial charge in [0.05, 0.1) is 6.26 Å². The predicted octanol–water partition coefficient (Wildman–Crippen LogP) is 3.12. The van der Waals surface area contributed by atoms with Gasteiger partial charge in [-0.3, -0.25) is 4.79 Å². The molecule has 0 saturated carbocycles. The minimum Gasteiger partial charge on any atom is -0.459 e. The second-order valence-electron chi connectivity index (χ2n) is 5.10. The van der Waals surface area contributed by atoms with Gasteiger partial charge >= 0.3 is 0 Å². The highest BCUT2D eigenvalue weighted by atomic mass is 79.9. The Labute approximate surface area is 109 Å². The highest BCUT2D eigenvalue weighted by molar-refractivity contribution is 9.09. The van der Waals surface area contributed by atoms with Gasteiger partial charge in [0.25, 0.3) is 5.91 Å². The molecule has 3 rings (SSSR count). The van der Waals surface area contributed by atoms with Crippen LogP contribution in [0.5, 0.6) is 0 Å². The Morgan fingerprint density at radius 2 is 2.06 bits per heavy atom. The number of alkyl halides is 1. The monoisotopic (exact) mass is 297 g/mol. The number of halogens is 1. The molecule has 0 radical (unpaired) electrons. The Bertz CT molecular complexity index is 428. The predicted molar refractivity (Wildman–Crippen MR) is 68.4 cm³/mol. The van der Waals surface area contributed by atoms with Crippen molar-refractivity contribution < 1.29 is 9.21 Å². The maximum absolute atomic E-state index is 12.5. The first-order chi connectivity index (χ1) is 8.16. The maximum atomic E-state index is 12.5. The van der Waals surface area contributed by atoms with Crippen LogP contribution in [0.2, 0.25) is 0 Å². The fraction of sp³-hybridized carbons (Fsp3) is 0.615. The van der Waals surface area contributed by atoms with Crippen molar-refractivity contribution in [1.29, 1.82) is 0 Å². The third-order valence-electron chi connectivity index (χ3n) is 3.97.